The Morgan fingerprint density at radius 1 is 1.24 bits per heavy atom. The van der Waals surface area contributed by atoms with Crippen LogP contribution in [0, 0.1) is 12.8 Å². The van der Waals surface area contributed by atoms with E-state index in [-0.39, 0.29) is 0 Å². The van der Waals surface area contributed by atoms with E-state index in [0.717, 1.165) is 18.8 Å². The predicted molar refractivity (Wildman–Crippen MR) is 73.1 cm³/mol. The van der Waals surface area contributed by atoms with Gasteiger partial charge in [0.25, 0.3) is 0 Å². The molecule has 1 aromatic rings. The van der Waals surface area contributed by atoms with Gasteiger partial charge in [-0.3, -0.25) is 4.68 Å². The van der Waals surface area contributed by atoms with Gasteiger partial charge in [0.05, 0.1) is 17.4 Å². The van der Waals surface area contributed by atoms with Gasteiger partial charge in [0.15, 0.2) is 0 Å². The average Bonchev–Trinajstić information content (AvgIpc) is 2.70. The highest BCUT2D eigenvalue weighted by Crippen LogP contribution is 2.27. The zero-order chi connectivity index (χ0) is 12.8. The Morgan fingerprint density at radius 3 is 2.35 bits per heavy atom. The van der Waals surface area contributed by atoms with Crippen molar-refractivity contribution >= 4 is 0 Å². The van der Waals surface area contributed by atoms with Crippen LogP contribution in [0.3, 0.4) is 0 Å². The second-order valence-corrected chi connectivity index (χ2v) is 4.64. The van der Waals surface area contributed by atoms with Gasteiger partial charge < -0.3 is 5.32 Å². The third kappa shape index (κ3) is 3.32. The molecule has 0 aromatic carbocycles. The molecule has 1 unspecified atom stereocenters. The van der Waals surface area contributed by atoms with Crippen molar-refractivity contribution in [3.63, 3.8) is 0 Å². The van der Waals surface area contributed by atoms with Crippen LogP contribution in [0.4, 0.5) is 0 Å². The summed E-state index contributed by atoms with van der Waals surface area (Å²) >= 11 is 0. The number of nitrogens with one attached hydrogen (secondary N) is 1. The summed E-state index contributed by atoms with van der Waals surface area (Å²) < 4.78 is 2.14. The summed E-state index contributed by atoms with van der Waals surface area (Å²) in [6.45, 7) is 12.9. The van der Waals surface area contributed by atoms with Crippen molar-refractivity contribution in [2.45, 2.75) is 60.0 Å². The Bertz CT molecular complexity index is 326. The van der Waals surface area contributed by atoms with Crippen LogP contribution < -0.4 is 5.32 Å². The molecule has 1 aromatic heterocycles. The van der Waals surface area contributed by atoms with Gasteiger partial charge >= 0.3 is 0 Å². The lowest BCUT2D eigenvalue weighted by Gasteiger charge is -2.26. The minimum atomic E-state index is 0.441. The minimum absolute atomic E-state index is 0.441. The molecule has 98 valence electrons. The highest BCUT2D eigenvalue weighted by atomic mass is 15.3. The van der Waals surface area contributed by atoms with Gasteiger partial charge in [0.2, 0.25) is 0 Å². The van der Waals surface area contributed by atoms with E-state index in [4.69, 9.17) is 0 Å². The summed E-state index contributed by atoms with van der Waals surface area (Å²) in [7, 11) is 0. The molecule has 0 radical (unpaired) electrons. The van der Waals surface area contributed by atoms with Gasteiger partial charge in [-0.25, -0.2) is 0 Å². The molecule has 17 heavy (non-hydrogen) atoms. The highest BCUT2D eigenvalue weighted by Gasteiger charge is 2.23. The molecule has 0 fully saturated rings. The number of rotatable bonds is 7. The van der Waals surface area contributed by atoms with Crippen molar-refractivity contribution in [2.75, 3.05) is 6.54 Å². The first-order chi connectivity index (χ1) is 8.17. The van der Waals surface area contributed by atoms with Crippen molar-refractivity contribution in [1.29, 1.82) is 0 Å². The van der Waals surface area contributed by atoms with E-state index in [1.165, 1.54) is 18.5 Å². The smallest absolute Gasteiger partial charge is 0.0597 e. The molecular weight excluding hydrogens is 210 g/mol. The molecular formula is C14H27N3. The Kier molecular flexibility index (Phi) is 5.69. The molecule has 3 nitrogen and oxygen atoms in total. The fourth-order valence-corrected chi connectivity index (χ4v) is 2.56. The zero-order valence-corrected chi connectivity index (χ0v) is 12.0. The summed E-state index contributed by atoms with van der Waals surface area (Å²) in [5.41, 5.74) is 2.47. The van der Waals surface area contributed by atoms with Gasteiger partial charge in [0, 0.05) is 6.54 Å². The van der Waals surface area contributed by atoms with E-state index in [9.17, 15) is 0 Å². The molecule has 0 aliphatic heterocycles. The number of hydrogen-bond donors (Lipinski definition) is 1. The van der Waals surface area contributed by atoms with Crippen LogP contribution in [0.5, 0.6) is 0 Å². The maximum absolute atomic E-state index is 4.56. The largest absolute Gasteiger partial charge is 0.309 e. The Morgan fingerprint density at radius 2 is 1.88 bits per heavy atom. The molecule has 1 N–H and O–H groups in total. The maximum atomic E-state index is 4.56. The van der Waals surface area contributed by atoms with Crippen LogP contribution in [0.25, 0.3) is 0 Å². The van der Waals surface area contributed by atoms with Crippen molar-refractivity contribution in [2.24, 2.45) is 5.92 Å². The first-order valence-electron chi connectivity index (χ1n) is 6.95. The fraction of sp³-hybridized carbons (Fsp3) is 0.786. The standard InChI is InChI=1S/C14H27N3/c1-6-12(7-2)14(15-8-3)13-10-11(5)16-17(13)9-4/h10,12,14-15H,6-9H2,1-5H3. The summed E-state index contributed by atoms with van der Waals surface area (Å²) in [6, 6.07) is 2.67. The zero-order valence-electron chi connectivity index (χ0n) is 12.0. The number of aryl methyl sites for hydroxylation is 2. The van der Waals surface area contributed by atoms with Gasteiger partial charge in [-0.1, -0.05) is 33.6 Å². The topological polar surface area (TPSA) is 29.9 Å². The lowest BCUT2D eigenvalue weighted by atomic mass is 9.91. The van der Waals surface area contributed by atoms with Crippen LogP contribution in [-0.4, -0.2) is 16.3 Å². The van der Waals surface area contributed by atoms with Crippen LogP contribution in [0.2, 0.25) is 0 Å². The monoisotopic (exact) mass is 237 g/mol. The second kappa shape index (κ2) is 6.80. The quantitative estimate of drug-likeness (QED) is 0.788. The molecule has 1 heterocycles. The molecule has 0 aliphatic carbocycles. The summed E-state index contributed by atoms with van der Waals surface area (Å²) in [6.07, 6.45) is 2.42. The Hall–Kier alpha value is -0.830. The van der Waals surface area contributed by atoms with Gasteiger partial charge in [0.1, 0.15) is 0 Å². The molecule has 0 saturated carbocycles. The normalized spacial score (nSPS) is 13.3. The highest BCUT2D eigenvalue weighted by molar-refractivity contribution is 5.14. The number of aromatic nitrogens is 2. The number of nitrogens with zero attached hydrogens (tertiary/aromatic N) is 2. The fourth-order valence-electron chi connectivity index (χ4n) is 2.56. The van der Waals surface area contributed by atoms with E-state index >= 15 is 0 Å². The van der Waals surface area contributed by atoms with Gasteiger partial charge in [-0.15, -0.1) is 0 Å². The number of hydrogen-bond acceptors (Lipinski definition) is 2. The molecule has 0 aliphatic rings. The molecule has 0 saturated heterocycles. The molecule has 1 rings (SSSR count). The molecule has 0 amide bonds. The van der Waals surface area contributed by atoms with Crippen LogP contribution >= 0.6 is 0 Å². The summed E-state index contributed by atoms with van der Waals surface area (Å²) in [5, 5.41) is 8.19. The van der Waals surface area contributed by atoms with Gasteiger partial charge in [-0.2, -0.15) is 5.10 Å². The molecule has 1 atom stereocenters. The van der Waals surface area contributed by atoms with Crippen LogP contribution in [0.1, 0.15) is 58.0 Å². The van der Waals surface area contributed by atoms with E-state index < -0.39 is 0 Å². The summed E-state index contributed by atoms with van der Waals surface area (Å²) in [4.78, 5) is 0. The van der Waals surface area contributed by atoms with E-state index in [0.29, 0.717) is 12.0 Å². The van der Waals surface area contributed by atoms with Crippen molar-refractivity contribution in [3.05, 3.63) is 17.5 Å². The molecule has 0 spiro atoms. The van der Waals surface area contributed by atoms with Crippen molar-refractivity contribution in [1.82, 2.24) is 15.1 Å². The van der Waals surface area contributed by atoms with E-state index in [1.54, 1.807) is 0 Å². The average molecular weight is 237 g/mol. The molecule has 0 bridgehead atoms. The van der Waals surface area contributed by atoms with Crippen molar-refractivity contribution in [3.8, 4) is 0 Å². The minimum Gasteiger partial charge on any atom is -0.309 e. The maximum Gasteiger partial charge on any atom is 0.0597 e. The lowest BCUT2D eigenvalue weighted by Crippen LogP contribution is -2.30. The summed E-state index contributed by atoms with van der Waals surface area (Å²) in [5.74, 6) is 0.691. The third-order valence-corrected chi connectivity index (χ3v) is 3.50. The van der Waals surface area contributed by atoms with E-state index in [2.05, 4.69) is 55.8 Å². The SMILES string of the molecule is CCNC(c1cc(C)nn1CC)C(CC)CC. The third-order valence-electron chi connectivity index (χ3n) is 3.50. The first kappa shape index (κ1) is 14.2. The Balaban J connectivity index is 3.02. The second-order valence-electron chi connectivity index (χ2n) is 4.64. The van der Waals surface area contributed by atoms with Crippen LogP contribution in [-0.2, 0) is 6.54 Å². The molecule has 3 heteroatoms. The van der Waals surface area contributed by atoms with Gasteiger partial charge in [-0.05, 0) is 32.4 Å². The first-order valence-corrected chi connectivity index (χ1v) is 6.95. The lowest BCUT2D eigenvalue weighted by molar-refractivity contribution is 0.328. The van der Waals surface area contributed by atoms with Crippen molar-refractivity contribution < 1.29 is 0 Å². The van der Waals surface area contributed by atoms with E-state index in [1.807, 2.05) is 0 Å². The predicted octanol–water partition coefficient (Wildman–Crippen LogP) is 3.30. The van der Waals surface area contributed by atoms with Crippen LogP contribution in [0.15, 0.2) is 6.07 Å². The Labute approximate surface area is 106 Å².